The molecule has 1 aliphatic rings. The second-order valence-corrected chi connectivity index (χ2v) is 8.31. The number of halogens is 4. The fraction of sp³-hybridized carbons (Fsp3) is 0.391. The van der Waals surface area contributed by atoms with Gasteiger partial charge in [-0.3, -0.25) is 9.79 Å². The van der Waals surface area contributed by atoms with Crippen molar-refractivity contribution in [3.05, 3.63) is 65.2 Å². The average molecular weight is 560 g/mol. The predicted molar refractivity (Wildman–Crippen MR) is 132 cm³/mol. The van der Waals surface area contributed by atoms with Crippen molar-refractivity contribution in [2.45, 2.75) is 37.8 Å². The highest BCUT2D eigenvalue weighted by molar-refractivity contribution is 14.0. The molecular formula is C23H28F3IN4O. The van der Waals surface area contributed by atoms with Crippen LogP contribution in [-0.2, 0) is 16.4 Å². The largest absolute Gasteiger partial charge is 0.416 e. The molecule has 0 saturated carbocycles. The lowest BCUT2D eigenvalue weighted by Crippen LogP contribution is -2.45. The van der Waals surface area contributed by atoms with Gasteiger partial charge in [0.25, 0.3) is 0 Å². The van der Waals surface area contributed by atoms with E-state index in [0.717, 1.165) is 17.3 Å². The normalized spacial score (nSPS) is 16.5. The van der Waals surface area contributed by atoms with Gasteiger partial charge in [0.05, 0.1) is 5.56 Å². The minimum atomic E-state index is -4.38. The molecule has 0 bridgehead atoms. The van der Waals surface area contributed by atoms with Gasteiger partial charge in [-0.05, 0) is 23.3 Å². The molecule has 5 nitrogen and oxygen atoms in total. The molecule has 9 heteroatoms. The van der Waals surface area contributed by atoms with Gasteiger partial charge in [-0.2, -0.15) is 13.2 Å². The summed E-state index contributed by atoms with van der Waals surface area (Å²) in [6.45, 7) is 4.65. The van der Waals surface area contributed by atoms with Gasteiger partial charge >= 0.3 is 6.18 Å². The Balaban J connectivity index is 0.00000363. The van der Waals surface area contributed by atoms with E-state index < -0.39 is 17.2 Å². The van der Waals surface area contributed by atoms with Crippen LogP contribution in [0.25, 0.3) is 0 Å². The minimum Gasteiger partial charge on any atom is -0.356 e. The quantitative estimate of drug-likeness (QED) is 0.277. The van der Waals surface area contributed by atoms with E-state index in [1.54, 1.807) is 13.1 Å². The van der Waals surface area contributed by atoms with Crippen molar-refractivity contribution in [3.8, 4) is 0 Å². The van der Waals surface area contributed by atoms with Gasteiger partial charge in [-0.1, -0.05) is 50.2 Å². The molecule has 0 aromatic heterocycles. The van der Waals surface area contributed by atoms with E-state index in [2.05, 4.69) is 20.9 Å². The maximum absolute atomic E-state index is 13.1. The van der Waals surface area contributed by atoms with Crippen LogP contribution in [0.5, 0.6) is 0 Å². The van der Waals surface area contributed by atoms with Crippen molar-refractivity contribution in [3.63, 3.8) is 0 Å². The Labute approximate surface area is 203 Å². The molecule has 2 aromatic rings. The van der Waals surface area contributed by atoms with Gasteiger partial charge in [0.2, 0.25) is 5.91 Å². The second kappa shape index (κ2) is 10.5. The summed E-state index contributed by atoms with van der Waals surface area (Å²) in [5.74, 6) is 0.502. The highest BCUT2D eigenvalue weighted by atomic mass is 127. The van der Waals surface area contributed by atoms with Gasteiger partial charge in [0, 0.05) is 43.6 Å². The first-order valence-electron chi connectivity index (χ1n) is 10.1. The van der Waals surface area contributed by atoms with E-state index in [-0.39, 0.29) is 35.8 Å². The highest BCUT2D eigenvalue weighted by Crippen LogP contribution is 2.33. The number of anilines is 1. The van der Waals surface area contributed by atoms with Crippen LogP contribution >= 0.6 is 24.0 Å². The van der Waals surface area contributed by atoms with E-state index in [4.69, 9.17) is 0 Å². The monoisotopic (exact) mass is 560 g/mol. The van der Waals surface area contributed by atoms with Gasteiger partial charge in [0.15, 0.2) is 5.96 Å². The molecule has 0 spiro atoms. The number of carbonyl (C=O) groups is 1. The summed E-state index contributed by atoms with van der Waals surface area (Å²) in [6.07, 6.45) is -4.00. The fourth-order valence-corrected chi connectivity index (χ4v) is 3.65. The van der Waals surface area contributed by atoms with Crippen molar-refractivity contribution in [1.82, 2.24) is 10.6 Å². The van der Waals surface area contributed by atoms with Crippen LogP contribution in [0.4, 0.5) is 18.9 Å². The number of para-hydroxylation sites is 1. The number of amides is 1. The SMILES string of the molecule is CN=C(NCC1CC(=O)Nc2ccccc21)NCC(C)(C)c1cccc(C(F)(F)F)c1.I. The number of aliphatic imine (C=N–C) groups is 1. The summed E-state index contributed by atoms with van der Waals surface area (Å²) in [5, 5.41) is 9.31. The molecule has 1 unspecified atom stereocenters. The molecule has 1 aliphatic heterocycles. The molecule has 2 aromatic carbocycles. The molecular weight excluding hydrogens is 532 g/mol. The molecule has 3 rings (SSSR count). The van der Waals surface area contributed by atoms with Gasteiger partial charge < -0.3 is 16.0 Å². The fourth-order valence-electron chi connectivity index (χ4n) is 3.65. The van der Waals surface area contributed by atoms with Crippen LogP contribution in [0.3, 0.4) is 0 Å². The third-order valence-electron chi connectivity index (χ3n) is 5.52. The lowest BCUT2D eigenvalue weighted by Gasteiger charge is -2.29. The number of nitrogens with zero attached hydrogens (tertiary/aromatic N) is 1. The average Bonchev–Trinajstić information content (AvgIpc) is 2.73. The Kier molecular flexibility index (Phi) is 8.55. The number of fused-ring (bicyclic) bond motifs is 1. The van der Waals surface area contributed by atoms with E-state index in [1.807, 2.05) is 38.1 Å². The van der Waals surface area contributed by atoms with E-state index >= 15 is 0 Å². The smallest absolute Gasteiger partial charge is 0.356 e. The first-order valence-corrected chi connectivity index (χ1v) is 10.1. The van der Waals surface area contributed by atoms with Gasteiger partial charge in [-0.25, -0.2) is 0 Å². The zero-order valence-electron chi connectivity index (χ0n) is 18.2. The predicted octanol–water partition coefficient (Wildman–Crippen LogP) is 4.89. The van der Waals surface area contributed by atoms with Crippen molar-refractivity contribution in [2.24, 2.45) is 4.99 Å². The molecule has 1 heterocycles. The summed E-state index contributed by atoms with van der Waals surface area (Å²) in [5.41, 5.74) is 1.25. The molecule has 0 fully saturated rings. The lowest BCUT2D eigenvalue weighted by molar-refractivity contribution is -0.137. The molecule has 1 atom stereocenters. The molecule has 32 heavy (non-hydrogen) atoms. The molecule has 3 N–H and O–H groups in total. The zero-order chi connectivity index (χ0) is 22.6. The number of benzene rings is 2. The van der Waals surface area contributed by atoms with Gasteiger partial charge in [0.1, 0.15) is 0 Å². The van der Waals surface area contributed by atoms with E-state index in [9.17, 15) is 18.0 Å². The zero-order valence-corrected chi connectivity index (χ0v) is 20.5. The topological polar surface area (TPSA) is 65.5 Å². The van der Waals surface area contributed by atoms with Crippen molar-refractivity contribution in [1.29, 1.82) is 0 Å². The van der Waals surface area contributed by atoms with Crippen LogP contribution in [0.2, 0.25) is 0 Å². The number of carbonyl (C=O) groups excluding carboxylic acids is 1. The Morgan fingerprint density at radius 3 is 2.47 bits per heavy atom. The van der Waals surface area contributed by atoms with Crippen LogP contribution in [-0.4, -0.2) is 32.0 Å². The maximum atomic E-state index is 13.1. The Bertz CT molecular complexity index is 976. The van der Waals surface area contributed by atoms with Crippen LogP contribution in [0.15, 0.2) is 53.5 Å². The van der Waals surface area contributed by atoms with Crippen LogP contribution in [0.1, 0.15) is 42.9 Å². The van der Waals surface area contributed by atoms with Crippen molar-refractivity contribution < 1.29 is 18.0 Å². The molecule has 0 aliphatic carbocycles. The van der Waals surface area contributed by atoms with E-state index in [1.165, 1.54) is 12.1 Å². The van der Waals surface area contributed by atoms with Crippen molar-refractivity contribution in [2.75, 3.05) is 25.5 Å². The lowest BCUT2D eigenvalue weighted by atomic mass is 9.84. The maximum Gasteiger partial charge on any atom is 0.416 e. The molecule has 1 amide bonds. The molecule has 174 valence electrons. The molecule has 0 radical (unpaired) electrons. The summed E-state index contributed by atoms with van der Waals surface area (Å²) in [4.78, 5) is 16.2. The minimum absolute atomic E-state index is 0. The Hall–Kier alpha value is -2.30. The molecule has 0 saturated heterocycles. The van der Waals surface area contributed by atoms with Crippen molar-refractivity contribution >= 4 is 41.5 Å². The summed E-state index contributed by atoms with van der Waals surface area (Å²) in [7, 11) is 1.63. The van der Waals surface area contributed by atoms with Gasteiger partial charge in [-0.15, -0.1) is 24.0 Å². The first kappa shape index (κ1) is 26.0. The highest BCUT2D eigenvalue weighted by Gasteiger charge is 2.32. The van der Waals surface area contributed by atoms with E-state index in [0.29, 0.717) is 31.0 Å². The Morgan fingerprint density at radius 2 is 1.78 bits per heavy atom. The summed E-state index contributed by atoms with van der Waals surface area (Å²) in [6, 6.07) is 13.1. The second-order valence-electron chi connectivity index (χ2n) is 8.31. The third-order valence-corrected chi connectivity index (χ3v) is 5.52. The number of nitrogens with one attached hydrogen (secondary N) is 3. The van der Waals surface area contributed by atoms with Crippen LogP contribution < -0.4 is 16.0 Å². The number of rotatable bonds is 5. The number of hydrogen-bond donors (Lipinski definition) is 3. The Morgan fingerprint density at radius 1 is 1.09 bits per heavy atom. The first-order chi connectivity index (χ1) is 14.6. The third kappa shape index (κ3) is 6.36. The number of hydrogen-bond acceptors (Lipinski definition) is 2. The standard InChI is InChI=1S/C23H27F3N4O.HI/c1-22(2,16-7-6-8-17(12-16)23(24,25)26)14-29-21(27-3)28-13-15-11-20(31)30-19-10-5-4-9-18(15)19;/h4-10,12,15H,11,13-14H2,1-3H3,(H,30,31)(H2,27,28,29);1H. The van der Waals surface area contributed by atoms with Crippen LogP contribution in [0, 0.1) is 0 Å². The number of guanidine groups is 1. The summed E-state index contributed by atoms with van der Waals surface area (Å²) >= 11 is 0. The number of alkyl halides is 3. The summed E-state index contributed by atoms with van der Waals surface area (Å²) < 4.78 is 39.2.